The molecule has 0 spiro atoms. The van der Waals surface area contributed by atoms with Gasteiger partial charge < -0.3 is 0 Å². The van der Waals surface area contributed by atoms with Gasteiger partial charge in [-0.1, -0.05) is 35.6 Å². The van der Waals surface area contributed by atoms with Crippen LogP contribution in [0.1, 0.15) is 28.5 Å². The van der Waals surface area contributed by atoms with Gasteiger partial charge in [0.05, 0.1) is 16.4 Å². The van der Waals surface area contributed by atoms with E-state index in [1.54, 1.807) is 11.3 Å². The van der Waals surface area contributed by atoms with Crippen LogP contribution in [0.5, 0.6) is 0 Å². The van der Waals surface area contributed by atoms with Crippen molar-refractivity contribution >= 4 is 44.2 Å². The van der Waals surface area contributed by atoms with Crippen LogP contribution in [0, 0.1) is 0 Å². The Morgan fingerprint density at radius 1 is 1.18 bits per heavy atom. The molecule has 1 aromatic carbocycles. The number of allylic oxidation sites excluding steroid dienone is 2. The standard InChI is InChI=1S/C17H15N3S2/c1-2-6-12(5-1)15-10-9-13(21-15)11-18-20-17-19-14-7-3-4-8-16(14)22-17/h1,3-5,7-12H,2,6H2,(H,19,20)/b18-11-/t12-/m1/s1. The Balaban J connectivity index is 1.44. The Morgan fingerprint density at radius 2 is 2.14 bits per heavy atom. The number of benzene rings is 1. The Hall–Kier alpha value is -1.98. The van der Waals surface area contributed by atoms with Crippen LogP contribution in [0.25, 0.3) is 10.2 Å². The summed E-state index contributed by atoms with van der Waals surface area (Å²) in [7, 11) is 0. The molecule has 0 aliphatic heterocycles. The van der Waals surface area contributed by atoms with E-state index in [-0.39, 0.29) is 0 Å². The minimum atomic E-state index is 0.601. The summed E-state index contributed by atoms with van der Waals surface area (Å²) >= 11 is 3.43. The molecule has 0 amide bonds. The molecule has 1 aliphatic carbocycles. The molecule has 110 valence electrons. The van der Waals surface area contributed by atoms with Gasteiger partial charge in [-0.15, -0.1) is 11.3 Å². The van der Waals surface area contributed by atoms with E-state index in [1.807, 2.05) is 35.8 Å². The van der Waals surface area contributed by atoms with E-state index in [9.17, 15) is 0 Å². The molecule has 0 radical (unpaired) electrons. The number of hydrogen-bond donors (Lipinski definition) is 1. The topological polar surface area (TPSA) is 37.3 Å². The van der Waals surface area contributed by atoms with Crippen molar-refractivity contribution in [2.75, 3.05) is 5.43 Å². The van der Waals surface area contributed by atoms with Crippen molar-refractivity contribution < 1.29 is 0 Å². The highest BCUT2D eigenvalue weighted by atomic mass is 32.1. The second kappa shape index (κ2) is 6.02. The number of thiazole rings is 1. The summed E-state index contributed by atoms with van der Waals surface area (Å²) in [5.74, 6) is 0.601. The van der Waals surface area contributed by atoms with Crippen molar-refractivity contribution in [3.05, 3.63) is 58.3 Å². The van der Waals surface area contributed by atoms with Crippen LogP contribution in [0.15, 0.2) is 53.7 Å². The highest BCUT2D eigenvalue weighted by Crippen LogP contribution is 2.32. The van der Waals surface area contributed by atoms with Crippen molar-refractivity contribution in [2.24, 2.45) is 5.10 Å². The summed E-state index contributed by atoms with van der Waals surface area (Å²) in [6.45, 7) is 0. The number of fused-ring (bicyclic) bond motifs is 1. The lowest BCUT2D eigenvalue weighted by atomic mass is 10.1. The first kappa shape index (κ1) is 13.7. The average Bonchev–Trinajstić information content (AvgIpc) is 3.27. The third kappa shape index (κ3) is 2.82. The molecule has 4 rings (SSSR count). The van der Waals surface area contributed by atoms with Gasteiger partial charge in [0.1, 0.15) is 0 Å². The summed E-state index contributed by atoms with van der Waals surface area (Å²) in [5.41, 5.74) is 4.04. The molecule has 2 heterocycles. The second-order valence-corrected chi connectivity index (χ2v) is 7.39. The van der Waals surface area contributed by atoms with E-state index >= 15 is 0 Å². The lowest BCUT2D eigenvalue weighted by Gasteiger charge is -2.01. The van der Waals surface area contributed by atoms with Crippen LogP contribution in [-0.4, -0.2) is 11.2 Å². The normalized spacial score (nSPS) is 17.7. The molecule has 0 fully saturated rings. The van der Waals surface area contributed by atoms with Gasteiger partial charge in [-0.2, -0.15) is 5.10 Å². The lowest BCUT2D eigenvalue weighted by molar-refractivity contribution is 0.815. The Labute approximate surface area is 137 Å². The Morgan fingerprint density at radius 3 is 3.00 bits per heavy atom. The van der Waals surface area contributed by atoms with Gasteiger partial charge in [0.15, 0.2) is 0 Å². The summed E-state index contributed by atoms with van der Waals surface area (Å²) < 4.78 is 1.17. The fraction of sp³-hybridized carbons (Fsp3) is 0.176. The minimum absolute atomic E-state index is 0.601. The number of nitrogens with one attached hydrogen (secondary N) is 1. The largest absolute Gasteiger partial charge is 0.253 e. The van der Waals surface area contributed by atoms with Crippen molar-refractivity contribution in [3.8, 4) is 0 Å². The predicted octanol–water partition coefficient (Wildman–Crippen LogP) is 5.24. The molecule has 1 N–H and O–H groups in total. The zero-order valence-electron chi connectivity index (χ0n) is 11.9. The lowest BCUT2D eigenvalue weighted by Crippen LogP contribution is -1.87. The van der Waals surface area contributed by atoms with Gasteiger partial charge in [-0.25, -0.2) is 4.98 Å². The van der Waals surface area contributed by atoms with E-state index in [2.05, 4.69) is 45.9 Å². The molecular formula is C17H15N3S2. The maximum Gasteiger partial charge on any atom is 0.204 e. The molecule has 5 heteroatoms. The fourth-order valence-corrected chi connectivity index (χ4v) is 4.39. The van der Waals surface area contributed by atoms with Crippen molar-refractivity contribution in [1.82, 2.24) is 4.98 Å². The predicted molar refractivity (Wildman–Crippen MR) is 96.3 cm³/mol. The Bertz CT molecular complexity index is 811. The molecule has 0 saturated heterocycles. The smallest absolute Gasteiger partial charge is 0.204 e. The van der Waals surface area contributed by atoms with Crippen LogP contribution in [0.4, 0.5) is 5.13 Å². The number of para-hydroxylation sites is 1. The maximum atomic E-state index is 4.50. The SMILES string of the molecule is C1=C[C@@H](c2ccc(/C=N\Nc3nc4ccccc4s3)s2)CC1. The van der Waals surface area contributed by atoms with Crippen LogP contribution in [0.2, 0.25) is 0 Å². The van der Waals surface area contributed by atoms with Crippen molar-refractivity contribution in [2.45, 2.75) is 18.8 Å². The summed E-state index contributed by atoms with van der Waals surface area (Å²) in [5, 5.41) is 5.14. The fourth-order valence-electron chi connectivity index (χ4n) is 2.58. The molecule has 0 saturated carbocycles. The average molecular weight is 325 g/mol. The van der Waals surface area contributed by atoms with Gasteiger partial charge in [-0.3, -0.25) is 5.43 Å². The molecule has 3 nitrogen and oxygen atoms in total. The quantitative estimate of drug-likeness (QED) is 0.405. The van der Waals surface area contributed by atoms with E-state index in [4.69, 9.17) is 0 Å². The van der Waals surface area contributed by atoms with Gasteiger partial charge in [0.2, 0.25) is 5.13 Å². The van der Waals surface area contributed by atoms with E-state index in [1.165, 1.54) is 27.3 Å². The zero-order chi connectivity index (χ0) is 14.8. The van der Waals surface area contributed by atoms with Crippen molar-refractivity contribution in [3.63, 3.8) is 0 Å². The maximum absolute atomic E-state index is 4.50. The van der Waals surface area contributed by atoms with Crippen molar-refractivity contribution in [1.29, 1.82) is 0 Å². The van der Waals surface area contributed by atoms with E-state index < -0.39 is 0 Å². The second-order valence-electron chi connectivity index (χ2n) is 5.21. The number of anilines is 1. The van der Waals surface area contributed by atoms with Gasteiger partial charge in [-0.05, 0) is 37.1 Å². The molecule has 0 unspecified atom stereocenters. The molecule has 2 aromatic heterocycles. The first-order valence-corrected chi connectivity index (χ1v) is 8.93. The summed E-state index contributed by atoms with van der Waals surface area (Å²) in [6, 6.07) is 12.5. The zero-order valence-corrected chi connectivity index (χ0v) is 13.5. The third-order valence-corrected chi connectivity index (χ3v) is 5.76. The highest BCUT2D eigenvalue weighted by Gasteiger charge is 2.13. The first-order valence-electron chi connectivity index (χ1n) is 7.29. The molecule has 1 atom stereocenters. The van der Waals surface area contributed by atoms with Gasteiger partial charge in [0, 0.05) is 15.7 Å². The number of hydrazone groups is 1. The van der Waals surface area contributed by atoms with Crippen LogP contribution in [0.3, 0.4) is 0 Å². The molecule has 0 bridgehead atoms. The number of hydrogen-bond acceptors (Lipinski definition) is 5. The minimum Gasteiger partial charge on any atom is -0.253 e. The number of thiophene rings is 1. The number of aromatic nitrogens is 1. The molecule has 3 aromatic rings. The van der Waals surface area contributed by atoms with Crippen LogP contribution >= 0.6 is 22.7 Å². The van der Waals surface area contributed by atoms with Crippen LogP contribution < -0.4 is 5.43 Å². The Kier molecular flexibility index (Phi) is 3.74. The monoisotopic (exact) mass is 325 g/mol. The summed E-state index contributed by atoms with van der Waals surface area (Å²) in [4.78, 5) is 7.10. The highest BCUT2D eigenvalue weighted by molar-refractivity contribution is 7.22. The third-order valence-electron chi connectivity index (χ3n) is 3.67. The van der Waals surface area contributed by atoms with Gasteiger partial charge >= 0.3 is 0 Å². The number of rotatable bonds is 4. The first-order chi connectivity index (χ1) is 10.9. The molecule has 22 heavy (non-hydrogen) atoms. The molecule has 1 aliphatic rings. The van der Waals surface area contributed by atoms with Gasteiger partial charge in [0.25, 0.3) is 0 Å². The summed E-state index contributed by atoms with van der Waals surface area (Å²) in [6.07, 6.45) is 8.89. The van der Waals surface area contributed by atoms with E-state index in [0.717, 1.165) is 10.6 Å². The number of nitrogens with zero attached hydrogens (tertiary/aromatic N) is 2. The van der Waals surface area contributed by atoms with E-state index in [0.29, 0.717) is 5.92 Å². The molecular weight excluding hydrogens is 310 g/mol. The van der Waals surface area contributed by atoms with Crippen LogP contribution in [-0.2, 0) is 0 Å².